The highest BCUT2D eigenvalue weighted by Gasteiger charge is 2.57. The molecule has 1 saturated heterocycles. The molecule has 1 atom stereocenters. The third kappa shape index (κ3) is 4.02. The van der Waals surface area contributed by atoms with E-state index in [0.29, 0.717) is 24.5 Å². The van der Waals surface area contributed by atoms with Crippen LogP contribution >= 0.6 is 23.1 Å². The van der Waals surface area contributed by atoms with Gasteiger partial charge >= 0.3 is 0 Å². The summed E-state index contributed by atoms with van der Waals surface area (Å²) in [7, 11) is 0. The van der Waals surface area contributed by atoms with Crippen molar-refractivity contribution in [2.75, 3.05) is 16.8 Å². The zero-order valence-corrected chi connectivity index (χ0v) is 19.6. The van der Waals surface area contributed by atoms with Gasteiger partial charge in [0.15, 0.2) is 10.0 Å². The first-order valence-electron chi connectivity index (χ1n) is 10.7. The molecule has 1 unspecified atom stereocenters. The summed E-state index contributed by atoms with van der Waals surface area (Å²) in [5, 5.41) is 8.17. The summed E-state index contributed by atoms with van der Waals surface area (Å²) in [6.45, 7) is 2.11. The molecule has 3 amide bonds. The van der Waals surface area contributed by atoms with Crippen molar-refractivity contribution in [3.8, 4) is 11.3 Å². The number of anilines is 2. The standard InChI is InChI=1S/C24H22N4O3S2/c1-15(29)25-13-11-16-6-8-17(9-7-16)18-14-32-23(26-18)27-22(31)24-12-10-21(30)28(24)19-4-2-3-5-20(19)33-24/h2-9,14H,10-13H2,1H3,(H,25,29)(H,26,27,31). The Kier molecular flexibility index (Phi) is 5.67. The first-order valence-corrected chi connectivity index (χ1v) is 12.4. The summed E-state index contributed by atoms with van der Waals surface area (Å²) in [6.07, 6.45) is 1.58. The topological polar surface area (TPSA) is 91.4 Å². The second-order valence-corrected chi connectivity index (χ2v) is 10.2. The van der Waals surface area contributed by atoms with E-state index in [-0.39, 0.29) is 17.7 Å². The van der Waals surface area contributed by atoms with E-state index in [1.165, 1.54) is 30.0 Å². The summed E-state index contributed by atoms with van der Waals surface area (Å²) < 4.78 is 0. The molecule has 0 spiro atoms. The van der Waals surface area contributed by atoms with Gasteiger partial charge in [-0.3, -0.25) is 24.6 Å². The number of hydrogen-bond donors (Lipinski definition) is 2. The minimum absolute atomic E-state index is 0.0268. The van der Waals surface area contributed by atoms with Crippen LogP contribution in [-0.2, 0) is 20.8 Å². The zero-order chi connectivity index (χ0) is 23.0. The van der Waals surface area contributed by atoms with Gasteiger partial charge in [0.2, 0.25) is 11.8 Å². The number of rotatable bonds is 6. The van der Waals surface area contributed by atoms with Crippen molar-refractivity contribution in [1.29, 1.82) is 0 Å². The Bertz CT molecular complexity index is 1240. The highest BCUT2D eigenvalue weighted by molar-refractivity contribution is 8.02. The summed E-state index contributed by atoms with van der Waals surface area (Å²) >= 11 is 2.81. The number of nitrogens with zero attached hydrogens (tertiary/aromatic N) is 2. The number of nitrogens with one attached hydrogen (secondary N) is 2. The van der Waals surface area contributed by atoms with Crippen LogP contribution in [0.1, 0.15) is 25.3 Å². The monoisotopic (exact) mass is 478 g/mol. The molecule has 1 fully saturated rings. The molecule has 1 aromatic heterocycles. The largest absolute Gasteiger partial charge is 0.356 e. The fourth-order valence-corrected chi connectivity index (χ4v) is 6.31. The third-order valence-electron chi connectivity index (χ3n) is 5.79. The maximum Gasteiger partial charge on any atom is 0.263 e. The average Bonchev–Trinajstić information content (AvgIpc) is 3.49. The number of amides is 3. The zero-order valence-electron chi connectivity index (χ0n) is 18.0. The van der Waals surface area contributed by atoms with E-state index in [1.807, 2.05) is 53.9 Å². The van der Waals surface area contributed by atoms with E-state index < -0.39 is 4.87 Å². The van der Waals surface area contributed by atoms with E-state index in [2.05, 4.69) is 15.6 Å². The van der Waals surface area contributed by atoms with Gasteiger partial charge in [0.25, 0.3) is 5.91 Å². The number of para-hydroxylation sites is 1. The molecule has 2 aromatic carbocycles. The highest BCUT2D eigenvalue weighted by Crippen LogP contribution is 2.56. The van der Waals surface area contributed by atoms with Crippen LogP contribution in [0.5, 0.6) is 0 Å². The predicted molar refractivity (Wildman–Crippen MR) is 130 cm³/mol. The lowest BCUT2D eigenvalue weighted by molar-refractivity contribution is -0.121. The fourth-order valence-electron chi connectivity index (χ4n) is 4.18. The molecule has 2 aliphatic rings. The van der Waals surface area contributed by atoms with Crippen molar-refractivity contribution in [1.82, 2.24) is 10.3 Å². The molecule has 5 rings (SSSR count). The number of carbonyl (C=O) groups is 3. The van der Waals surface area contributed by atoms with E-state index in [4.69, 9.17) is 0 Å². The Hall–Kier alpha value is -3.17. The second kappa shape index (κ2) is 8.64. The van der Waals surface area contributed by atoms with Crippen molar-refractivity contribution in [2.45, 2.75) is 36.0 Å². The maximum absolute atomic E-state index is 13.4. The summed E-state index contributed by atoms with van der Waals surface area (Å²) in [5.74, 6) is -0.280. The molecule has 0 saturated carbocycles. The minimum atomic E-state index is -0.956. The lowest BCUT2D eigenvalue weighted by atomic mass is 10.1. The van der Waals surface area contributed by atoms with Crippen LogP contribution < -0.4 is 15.5 Å². The lowest BCUT2D eigenvalue weighted by Gasteiger charge is -2.29. The normalized spacial score (nSPS) is 18.7. The van der Waals surface area contributed by atoms with Crippen LogP contribution in [0.4, 0.5) is 10.8 Å². The number of thiazole rings is 1. The van der Waals surface area contributed by atoms with Gasteiger partial charge in [-0.15, -0.1) is 11.3 Å². The number of aromatic nitrogens is 1. The van der Waals surface area contributed by atoms with E-state index in [9.17, 15) is 14.4 Å². The quantitative estimate of drug-likeness (QED) is 0.558. The van der Waals surface area contributed by atoms with E-state index >= 15 is 0 Å². The van der Waals surface area contributed by atoms with Gasteiger partial charge in [-0.05, 0) is 30.5 Å². The van der Waals surface area contributed by atoms with Gasteiger partial charge in [-0.2, -0.15) is 0 Å². The van der Waals surface area contributed by atoms with Crippen LogP contribution in [0.3, 0.4) is 0 Å². The van der Waals surface area contributed by atoms with Crippen LogP contribution in [0.25, 0.3) is 11.3 Å². The molecule has 0 bridgehead atoms. The summed E-state index contributed by atoms with van der Waals surface area (Å²) in [5.41, 5.74) is 3.66. The van der Waals surface area contributed by atoms with Crippen molar-refractivity contribution in [3.05, 3.63) is 59.5 Å². The van der Waals surface area contributed by atoms with Crippen LogP contribution in [0.2, 0.25) is 0 Å². The Morgan fingerprint density at radius 2 is 1.94 bits per heavy atom. The predicted octanol–water partition coefficient (Wildman–Crippen LogP) is 4.06. The number of hydrogen-bond acceptors (Lipinski definition) is 6. The van der Waals surface area contributed by atoms with Gasteiger partial charge in [0.05, 0.1) is 11.4 Å². The Morgan fingerprint density at radius 3 is 2.73 bits per heavy atom. The Labute approximate surface area is 199 Å². The lowest BCUT2D eigenvalue weighted by Crippen LogP contribution is -2.49. The van der Waals surface area contributed by atoms with E-state index in [0.717, 1.165) is 33.8 Å². The van der Waals surface area contributed by atoms with E-state index in [1.54, 1.807) is 4.90 Å². The minimum Gasteiger partial charge on any atom is -0.356 e. The SMILES string of the molecule is CC(=O)NCCc1ccc(-c2csc(NC(=O)C34CCC(=O)N3c3ccccc3S4)n2)cc1. The number of thioether (sulfide) groups is 1. The molecular weight excluding hydrogens is 456 g/mol. The van der Waals surface area contributed by atoms with Crippen molar-refractivity contribution in [2.24, 2.45) is 0 Å². The van der Waals surface area contributed by atoms with Crippen LogP contribution in [0.15, 0.2) is 58.8 Å². The molecule has 3 heterocycles. The van der Waals surface area contributed by atoms with Crippen molar-refractivity contribution < 1.29 is 14.4 Å². The molecule has 0 radical (unpaired) electrons. The molecule has 2 aliphatic heterocycles. The van der Waals surface area contributed by atoms with Gasteiger partial charge < -0.3 is 5.32 Å². The smallest absolute Gasteiger partial charge is 0.263 e. The molecule has 2 N–H and O–H groups in total. The molecule has 168 valence electrons. The third-order valence-corrected chi connectivity index (χ3v) is 8.02. The number of fused-ring (bicyclic) bond motifs is 3. The van der Waals surface area contributed by atoms with Crippen molar-refractivity contribution in [3.63, 3.8) is 0 Å². The molecular formula is C24H22N4O3S2. The maximum atomic E-state index is 13.4. The Balaban J connectivity index is 1.29. The molecule has 7 nitrogen and oxygen atoms in total. The Morgan fingerprint density at radius 1 is 1.15 bits per heavy atom. The van der Waals surface area contributed by atoms with Crippen LogP contribution in [-0.4, -0.2) is 34.1 Å². The average molecular weight is 479 g/mol. The molecule has 3 aromatic rings. The van der Waals surface area contributed by atoms with Gasteiger partial charge in [0.1, 0.15) is 0 Å². The number of carbonyl (C=O) groups excluding carboxylic acids is 3. The molecule has 9 heteroatoms. The first kappa shape index (κ1) is 21.7. The van der Waals surface area contributed by atoms with Gasteiger partial charge in [0, 0.05) is 35.7 Å². The van der Waals surface area contributed by atoms with Gasteiger partial charge in [-0.1, -0.05) is 48.2 Å². The van der Waals surface area contributed by atoms with Crippen LogP contribution in [0, 0.1) is 0 Å². The number of benzene rings is 2. The summed E-state index contributed by atoms with van der Waals surface area (Å²) in [6, 6.07) is 15.7. The molecule has 0 aliphatic carbocycles. The molecule has 33 heavy (non-hydrogen) atoms. The second-order valence-electron chi connectivity index (χ2n) is 8.01. The summed E-state index contributed by atoms with van der Waals surface area (Å²) in [4.78, 5) is 43.2. The van der Waals surface area contributed by atoms with Gasteiger partial charge in [-0.25, -0.2) is 4.98 Å². The van der Waals surface area contributed by atoms with Crippen molar-refractivity contribution >= 4 is 51.6 Å². The highest BCUT2D eigenvalue weighted by atomic mass is 32.2. The fraction of sp³-hybridized carbons (Fsp3) is 0.250. The first-order chi connectivity index (χ1) is 16.0.